The monoisotopic (exact) mass is 531 g/mol. The normalized spacial score (nSPS) is 17.8. The molecule has 3 heterocycles. The van der Waals surface area contributed by atoms with E-state index >= 15 is 0 Å². The molecule has 1 atom stereocenters. The number of ether oxygens (including phenoxy) is 3. The number of hydrogen-bond acceptors (Lipinski definition) is 6. The molecule has 0 aliphatic carbocycles. The molecule has 2 aliphatic rings. The molecule has 0 N–H and O–H groups in total. The van der Waals surface area contributed by atoms with Crippen molar-refractivity contribution < 1.29 is 36.6 Å². The van der Waals surface area contributed by atoms with Crippen molar-refractivity contribution in [3.8, 4) is 11.8 Å². The van der Waals surface area contributed by atoms with Gasteiger partial charge in [-0.1, -0.05) is 0 Å². The molecule has 2 aromatic carbocycles. The second-order valence-corrected chi connectivity index (χ2v) is 9.06. The lowest BCUT2D eigenvalue weighted by Gasteiger charge is -2.39. The van der Waals surface area contributed by atoms with E-state index in [4.69, 9.17) is 14.2 Å². The first-order chi connectivity index (χ1) is 18.2. The standard InChI is InChI=1S/C27H25F4N3O4/c1-16-13-18(28)7-9-20(16)33-15-34(26(35)19-8-6-17(14-22(19)33)27(29,30)31)21-10-11-23(32-25(21)36-2)38-24-5-3-4-12-37-24/h6-11,13-14,24H,3-5,12,15H2,1-2H3. The Hall–Kier alpha value is -3.86. The average molecular weight is 532 g/mol. The van der Waals surface area contributed by atoms with E-state index in [9.17, 15) is 22.4 Å². The van der Waals surface area contributed by atoms with Gasteiger partial charge in [0.25, 0.3) is 5.91 Å². The zero-order valence-electron chi connectivity index (χ0n) is 20.7. The molecule has 1 aromatic heterocycles. The molecule has 1 saturated heterocycles. The minimum absolute atomic E-state index is 0.0472. The lowest BCUT2D eigenvalue weighted by atomic mass is 10.0. The van der Waals surface area contributed by atoms with Crippen LogP contribution in [0.3, 0.4) is 0 Å². The van der Waals surface area contributed by atoms with Crippen molar-refractivity contribution in [1.29, 1.82) is 0 Å². The molecule has 3 aromatic rings. The first kappa shape index (κ1) is 25.8. The predicted molar refractivity (Wildman–Crippen MR) is 131 cm³/mol. The number of hydrogen-bond donors (Lipinski definition) is 0. The second-order valence-electron chi connectivity index (χ2n) is 9.06. The number of halogens is 4. The third-order valence-electron chi connectivity index (χ3n) is 6.51. The van der Waals surface area contributed by atoms with Gasteiger partial charge in [0.05, 0.1) is 30.5 Å². The number of aromatic nitrogens is 1. The minimum atomic E-state index is -4.61. The van der Waals surface area contributed by atoms with Gasteiger partial charge in [-0.2, -0.15) is 18.2 Å². The van der Waals surface area contributed by atoms with E-state index in [1.165, 1.54) is 30.2 Å². The van der Waals surface area contributed by atoms with Gasteiger partial charge < -0.3 is 19.1 Å². The summed E-state index contributed by atoms with van der Waals surface area (Å²) in [6.45, 7) is 2.08. The molecule has 1 unspecified atom stereocenters. The molecule has 1 fully saturated rings. The number of fused-ring (bicyclic) bond motifs is 1. The molecule has 11 heteroatoms. The molecule has 5 rings (SSSR count). The molecular weight excluding hydrogens is 506 g/mol. The Balaban J connectivity index is 1.56. The van der Waals surface area contributed by atoms with Crippen molar-refractivity contribution in [2.75, 3.05) is 30.2 Å². The number of alkyl halides is 3. The SMILES string of the molecule is COc1nc(OC2CCCCO2)ccc1N1CN(c2ccc(F)cc2C)c2cc(C(F)(F)F)ccc2C1=O. The Bertz CT molecular complexity index is 1360. The van der Waals surface area contributed by atoms with Crippen LogP contribution in [0.15, 0.2) is 48.5 Å². The van der Waals surface area contributed by atoms with Crippen LogP contribution in [0.1, 0.15) is 40.7 Å². The molecule has 200 valence electrons. The maximum absolute atomic E-state index is 13.9. The van der Waals surface area contributed by atoms with Crippen LogP contribution in [-0.2, 0) is 10.9 Å². The molecular formula is C27H25F4N3O4. The summed E-state index contributed by atoms with van der Waals surface area (Å²) in [4.78, 5) is 20.9. The highest BCUT2D eigenvalue weighted by Crippen LogP contribution is 2.42. The predicted octanol–water partition coefficient (Wildman–Crippen LogP) is 6.22. The van der Waals surface area contributed by atoms with Crippen molar-refractivity contribution in [2.24, 2.45) is 0 Å². The topological polar surface area (TPSA) is 64.1 Å². The molecule has 7 nitrogen and oxygen atoms in total. The molecule has 0 radical (unpaired) electrons. The Morgan fingerprint density at radius 2 is 1.79 bits per heavy atom. The summed E-state index contributed by atoms with van der Waals surface area (Å²) in [7, 11) is 1.40. The Labute approximate surface area is 216 Å². The van der Waals surface area contributed by atoms with Gasteiger partial charge in [0, 0.05) is 18.2 Å². The summed E-state index contributed by atoms with van der Waals surface area (Å²) in [5, 5.41) is 0. The van der Waals surface area contributed by atoms with E-state index in [0.717, 1.165) is 37.5 Å². The van der Waals surface area contributed by atoms with E-state index < -0.39 is 29.8 Å². The van der Waals surface area contributed by atoms with Gasteiger partial charge in [-0.25, -0.2) is 4.39 Å². The van der Waals surface area contributed by atoms with E-state index in [1.807, 2.05) is 0 Å². The van der Waals surface area contributed by atoms with Gasteiger partial charge in [-0.3, -0.25) is 9.69 Å². The zero-order chi connectivity index (χ0) is 27.0. The summed E-state index contributed by atoms with van der Waals surface area (Å²) in [5.41, 5.74) is 0.454. The molecule has 0 bridgehead atoms. The summed E-state index contributed by atoms with van der Waals surface area (Å²) in [6, 6.07) is 10.1. The van der Waals surface area contributed by atoms with E-state index in [-0.39, 0.29) is 29.7 Å². The van der Waals surface area contributed by atoms with Crippen LogP contribution in [0.5, 0.6) is 11.8 Å². The lowest BCUT2D eigenvalue weighted by Crippen LogP contribution is -2.45. The van der Waals surface area contributed by atoms with Crippen molar-refractivity contribution in [3.05, 3.63) is 71.0 Å². The number of rotatable bonds is 5. The quantitative estimate of drug-likeness (QED) is 0.365. The largest absolute Gasteiger partial charge is 0.479 e. The van der Waals surface area contributed by atoms with Gasteiger partial charge in [-0.05, 0) is 67.8 Å². The number of pyridine rings is 1. The van der Waals surface area contributed by atoms with E-state index in [1.54, 1.807) is 24.0 Å². The van der Waals surface area contributed by atoms with Gasteiger partial charge >= 0.3 is 6.18 Å². The summed E-state index contributed by atoms with van der Waals surface area (Å²) in [6.07, 6.45) is -2.39. The fourth-order valence-corrected chi connectivity index (χ4v) is 4.63. The summed E-state index contributed by atoms with van der Waals surface area (Å²) < 4.78 is 71.4. The number of nitrogens with zero attached hydrogens (tertiary/aromatic N) is 3. The van der Waals surface area contributed by atoms with Gasteiger partial charge in [-0.15, -0.1) is 0 Å². The zero-order valence-corrected chi connectivity index (χ0v) is 20.7. The van der Waals surface area contributed by atoms with E-state index in [0.29, 0.717) is 23.5 Å². The van der Waals surface area contributed by atoms with Crippen molar-refractivity contribution in [2.45, 2.75) is 38.7 Å². The van der Waals surface area contributed by atoms with Crippen LogP contribution in [0.25, 0.3) is 0 Å². The summed E-state index contributed by atoms with van der Waals surface area (Å²) >= 11 is 0. The maximum Gasteiger partial charge on any atom is 0.416 e. The van der Waals surface area contributed by atoms with Crippen LogP contribution >= 0.6 is 0 Å². The first-order valence-electron chi connectivity index (χ1n) is 12.1. The number of anilines is 3. The van der Waals surface area contributed by atoms with Gasteiger partial charge in [0.1, 0.15) is 18.2 Å². The van der Waals surface area contributed by atoms with Crippen LogP contribution in [-0.4, -0.2) is 37.6 Å². The Kier molecular flexibility index (Phi) is 6.87. The number of aryl methyl sites for hydroxylation is 1. The van der Waals surface area contributed by atoms with Gasteiger partial charge in [0.15, 0.2) is 0 Å². The Morgan fingerprint density at radius 1 is 1.00 bits per heavy atom. The number of carbonyl (C=O) groups excluding carboxylic acids is 1. The van der Waals surface area contributed by atoms with Crippen LogP contribution in [0.2, 0.25) is 0 Å². The van der Waals surface area contributed by atoms with Crippen LogP contribution in [0.4, 0.5) is 34.6 Å². The number of benzene rings is 2. The maximum atomic E-state index is 13.9. The first-order valence-corrected chi connectivity index (χ1v) is 12.1. The Morgan fingerprint density at radius 3 is 2.47 bits per heavy atom. The molecule has 38 heavy (non-hydrogen) atoms. The fraction of sp³-hybridized carbons (Fsp3) is 0.333. The van der Waals surface area contributed by atoms with E-state index in [2.05, 4.69) is 4.98 Å². The molecule has 2 aliphatic heterocycles. The second kappa shape index (κ2) is 10.1. The minimum Gasteiger partial charge on any atom is -0.479 e. The fourth-order valence-electron chi connectivity index (χ4n) is 4.63. The molecule has 0 saturated carbocycles. The number of methoxy groups -OCH3 is 1. The third kappa shape index (κ3) is 4.98. The van der Waals surface area contributed by atoms with Crippen LogP contribution < -0.4 is 19.3 Å². The smallest absolute Gasteiger partial charge is 0.416 e. The van der Waals surface area contributed by atoms with Crippen molar-refractivity contribution in [1.82, 2.24) is 4.98 Å². The molecule has 0 spiro atoms. The van der Waals surface area contributed by atoms with Crippen LogP contribution in [0, 0.1) is 12.7 Å². The number of carbonyl (C=O) groups is 1. The lowest BCUT2D eigenvalue weighted by molar-refractivity contribution is -0.137. The molecule has 1 amide bonds. The third-order valence-corrected chi connectivity index (χ3v) is 6.51. The van der Waals surface area contributed by atoms with Gasteiger partial charge in [0.2, 0.25) is 18.1 Å². The van der Waals surface area contributed by atoms with Crippen molar-refractivity contribution in [3.63, 3.8) is 0 Å². The highest BCUT2D eigenvalue weighted by Gasteiger charge is 2.37. The average Bonchev–Trinajstić information content (AvgIpc) is 2.89. The highest BCUT2D eigenvalue weighted by atomic mass is 19.4. The highest BCUT2D eigenvalue weighted by molar-refractivity contribution is 6.13. The number of amides is 1. The van der Waals surface area contributed by atoms with Crippen molar-refractivity contribution >= 4 is 23.0 Å². The summed E-state index contributed by atoms with van der Waals surface area (Å²) in [5.74, 6) is -0.667.